The highest BCUT2D eigenvalue weighted by molar-refractivity contribution is 5.05. The van der Waals surface area contributed by atoms with Crippen LogP contribution in [-0.2, 0) is 20.6 Å². The number of nitrogens with one attached hydrogen (secondary N) is 1. The molecule has 0 bridgehead atoms. The lowest BCUT2D eigenvalue weighted by molar-refractivity contribution is 0.187. The van der Waals surface area contributed by atoms with E-state index in [0.29, 0.717) is 12.1 Å². The molecule has 2 N–H and O–H groups in total. The first-order valence-electron chi connectivity index (χ1n) is 5.40. The molecule has 0 unspecified atom stereocenters. The second-order valence-corrected chi connectivity index (χ2v) is 4.81. The van der Waals surface area contributed by atoms with Crippen LogP contribution < -0.4 is 16.6 Å². The third kappa shape index (κ3) is 3.04. The van der Waals surface area contributed by atoms with E-state index in [9.17, 15) is 9.59 Å². The molecule has 0 radical (unpaired) electrons. The molecule has 0 atom stereocenters. The summed E-state index contributed by atoms with van der Waals surface area (Å²) < 4.78 is 2.44. The molecule has 17 heavy (non-hydrogen) atoms. The van der Waals surface area contributed by atoms with E-state index >= 15 is 0 Å². The predicted octanol–water partition coefficient (Wildman–Crippen LogP) is -1.06. The van der Waals surface area contributed by atoms with E-state index in [0.717, 1.165) is 4.57 Å². The Balaban J connectivity index is 3.02. The monoisotopic (exact) mass is 241 g/mol. The molecular formula is C11H19N3O3. The van der Waals surface area contributed by atoms with Crippen molar-refractivity contribution in [3.05, 3.63) is 32.6 Å². The zero-order valence-electron chi connectivity index (χ0n) is 10.6. The van der Waals surface area contributed by atoms with Gasteiger partial charge in [0.1, 0.15) is 0 Å². The lowest BCUT2D eigenvalue weighted by Gasteiger charge is -2.23. The van der Waals surface area contributed by atoms with Crippen LogP contribution in [0.4, 0.5) is 0 Å². The average Bonchev–Trinajstić information content (AvgIpc) is 2.29. The fourth-order valence-corrected chi connectivity index (χ4v) is 1.39. The third-order valence-electron chi connectivity index (χ3n) is 2.67. The number of rotatable bonds is 4. The normalized spacial score (nSPS) is 11.8. The third-order valence-corrected chi connectivity index (χ3v) is 2.67. The number of hydrogen-bond donors (Lipinski definition) is 2. The van der Waals surface area contributed by atoms with E-state index in [2.05, 4.69) is 5.32 Å². The van der Waals surface area contributed by atoms with Gasteiger partial charge in [-0.25, -0.2) is 4.79 Å². The minimum absolute atomic E-state index is 0.0287. The summed E-state index contributed by atoms with van der Waals surface area (Å²) in [5.41, 5.74) is -0.620. The molecule has 0 aliphatic carbocycles. The van der Waals surface area contributed by atoms with E-state index in [1.165, 1.54) is 17.8 Å². The number of hydrogen-bond acceptors (Lipinski definition) is 4. The molecule has 6 heteroatoms. The van der Waals surface area contributed by atoms with Gasteiger partial charge in [-0.2, -0.15) is 0 Å². The van der Waals surface area contributed by atoms with Crippen LogP contribution in [0.25, 0.3) is 0 Å². The quantitative estimate of drug-likeness (QED) is 0.705. The van der Waals surface area contributed by atoms with Crippen LogP contribution in [0.15, 0.2) is 15.8 Å². The molecule has 0 amide bonds. The van der Waals surface area contributed by atoms with Crippen molar-refractivity contribution in [1.82, 2.24) is 14.5 Å². The van der Waals surface area contributed by atoms with Gasteiger partial charge in [0, 0.05) is 37.9 Å². The Morgan fingerprint density at radius 2 is 1.94 bits per heavy atom. The molecule has 1 rings (SSSR count). The molecular weight excluding hydrogens is 222 g/mol. The summed E-state index contributed by atoms with van der Waals surface area (Å²) in [6.07, 6.45) is 1.52. The zero-order chi connectivity index (χ0) is 13.2. The first-order valence-corrected chi connectivity index (χ1v) is 5.40. The second-order valence-electron chi connectivity index (χ2n) is 4.81. The molecule has 1 aromatic heterocycles. The van der Waals surface area contributed by atoms with Crippen molar-refractivity contribution in [2.24, 2.45) is 14.1 Å². The van der Waals surface area contributed by atoms with Crippen molar-refractivity contribution in [2.45, 2.75) is 25.9 Å². The minimum Gasteiger partial charge on any atom is -0.394 e. The summed E-state index contributed by atoms with van der Waals surface area (Å²) >= 11 is 0. The maximum absolute atomic E-state index is 11.8. The van der Waals surface area contributed by atoms with Crippen LogP contribution in [0.5, 0.6) is 0 Å². The Bertz CT molecular complexity index is 514. The van der Waals surface area contributed by atoms with Gasteiger partial charge >= 0.3 is 5.69 Å². The molecule has 0 aromatic carbocycles. The summed E-state index contributed by atoms with van der Waals surface area (Å²) in [7, 11) is 3.05. The van der Waals surface area contributed by atoms with Gasteiger partial charge in [-0.3, -0.25) is 9.36 Å². The van der Waals surface area contributed by atoms with Crippen molar-refractivity contribution >= 4 is 0 Å². The van der Waals surface area contributed by atoms with Crippen molar-refractivity contribution in [2.75, 3.05) is 6.61 Å². The van der Waals surface area contributed by atoms with Crippen LogP contribution in [0, 0.1) is 0 Å². The van der Waals surface area contributed by atoms with Crippen LogP contribution in [-0.4, -0.2) is 26.4 Å². The van der Waals surface area contributed by atoms with E-state index < -0.39 is 5.54 Å². The summed E-state index contributed by atoms with van der Waals surface area (Å²) in [5.74, 6) is 0. The SMILES string of the molecule is Cn1cc(CNC(C)(C)CO)c(=O)n(C)c1=O. The first kappa shape index (κ1) is 13.7. The first-order chi connectivity index (χ1) is 7.78. The Hall–Kier alpha value is -1.40. The van der Waals surface area contributed by atoms with Crippen LogP contribution in [0.2, 0.25) is 0 Å². The van der Waals surface area contributed by atoms with Crippen molar-refractivity contribution in [3.63, 3.8) is 0 Å². The topological polar surface area (TPSA) is 76.3 Å². The van der Waals surface area contributed by atoms with Gasteiger partial charge in [0.2, 0.25) is 0 Å². The highest BCUT2D eigenvalue weighted by Crippen LogP contribution is 2.01. The molecule has 0 saturated heterocycles. The average molecular weight is 241 g/mol. The highest BCUT2D eigenvalue weighted by atomic mass is 16.3. The van der Waals surface area contributed by atoms with Crippen LogP contribution >= 0.6 is 0 Å². The van der Waals surface area contributed by atoms with Gasteiger partial charge in [0.15, 0.2) is 0 Å². The Kier molecular flexibility index (Phi) is 3.90. The molecule has 1 aromatic rings. The van der Waals surface area contributed by atoms with Crippen molar-refractivity contribution in [1.29, 1.82) is 0 Å². The molecule has 96 valence electrons. The Morgan fingerprint density at radius 3 is 2.47 bits per heavy atom. The zero-order valence-corrected chi connectivity index (χ0v) is 10.6. The van der Waals surface area contributed by atoms with E-state index in [1.54, 1.807) is 7.05 Å². The summed E-state index contributed by atoms with van der Waals surface area (Å²) in [5, 5.41) is 12.2. The fourth-order valence-electron chi connectivity index (χ4n) is 1.39. The lowest BCUT2D eigenvalue weighted by atomic mass is 10.1. The number of aromatic nitrogens is 2. The predicted molar refractivity (Wildman–Crippen MR) is 64.9 cm³/mol. The molecule has 0 spiro atoms. The van der Waals surface area contributed by atoms with Gasteiger partial charge in [0.25, 0.3) is 5.56 Å². The maximum atomic E-state index is 11.8. The lowest BCUT2D eigenvalue weighted by Crippen LogP contribution is -2.45. The van der Waals surface area contributed by atoms with Crippen LogP contribution in [0.1, 0.15) is 19.4 Å². The number of nitrogens with zero attached hydrogens (tertiary/aromatic N) is 2. The molecule has 0 aliphatic rings. The van der Waals surface area contributed by atoms with Gasteiger partial charge in [-0.15, -0.1) is 0 Å². The van der Waals surface area contributed by atoms with Gasteiger partial charge in [-0.1, -0.05) is 0 Å². The summed E-state index contributed by atoms with van der Waals surface area (Å²) in [6.45, 7) is 3.95. The van der Waals surface area contributed by atoms with Gasteiger partial charge < -0.3 is 15.0 Å². The molecule has 0 saturated carbocycles. The molecule has 1 heterocycles. The summed E-state index contributed by atoms with van der Waals surface area (Å²) in [4.78, 5) is 23.3. The highest BCUT2D eigenvalue weighted by Gasteiger charge is 2.16. The number of aliphatic hydroxyl groups excluding tert-OH is 1. The Labute approximate surface area is 99.5 Å². The molecule has 0 aliphatic heterocycles. The van der Waals surface area contributed by atoms with Crippen molar-refractivity contribution in [3.8, 4) is 0 Å². The van der Waals surface area contributed by atoms with Crippen LogP contribution in [0.3, 0.4) is 0 Å². The maximum Gasteiger partial charge on any atom is 0.330 e. The standard InChI is InChI=1S/C11H19N3O3/c1-11(2,7-15)12-5-8-6-13(3)10(17)14(4)9(8)16/h6,12,15H,5,7H2,1-4H3. The number of aliphatic hydroxyl groups is 1. The smallest absolute Gasteiger partial charge is 0.330 e. The molecule has 6 nitrogen and oxygen atoms in total. The fraction of sp³-hybridized carbons (Fsp3) is 0.636. The number of aryl methyl sites for hydroxylation is 1. The van der Waals surface area contributed by atoms with Gasteiger partial charge in [0.05, 0.1) is 6.61 Å². The summed E-state index contributed by atoms with van der Waals surface area (Å²) in [6, 6.07) is 0. The van der Waals surface area contributed by atoms with E-state index in [1.807, 2.05) is 13.8 Å². The molecule has 0 fully saturated rings. The van der Waals surface area contributed by atoms with Gasteiger partial charge in [-0.05, 0) is 13.8 Å². The Morgan fingerprint density at radius 1 is 1.35 bits per heavy atom. The van der Waals surface area contributed by atoms with E-state index in [-0.39, 0.29) is 17.9 Å². The van der Waals surface area contributed by atoms with Crippen molar-refractivity contribution < 1.29 is 5.11 Å². The largest absolute Gasteiger partial charge is 0.394 e. The second kappa shape index (κ2) is 4.85. The minimum atomic E-state index is -0.459. The van der Waals surface area contributed by atoms with E-state index in [4.69, 9.17) is 5.11 Å².